The number of hydrogen-bond donors (Lipinski definition) is 3. The molecule has 0 aliphatic heterocycles. The van der Waals surface area contributed by atoms with Crippen LogP contribution in [0.25, 0.3) is 0 Å². The summed E-state index contributed by atoms with van der Waals surface area (Å²) in [4.78, 5) is 22.3. The summed E-state index contributed by atoms with van der Waals surface area (Å²) >= 11 is 0. The van der Waals surface area contributed by atoms with E-state index >= 15 is 0 Å². The van der Waals surface area contributed by atoms with E-state index in [-0.39, 0.29) is 30.7 Å². The van der Waals surface area contributed by atoms with E-state index in [1.165, 1.54) is 0 Å². The fourth-order valence-corrected chi connectivity index (χ4v) is 1.06. The van der Waals surface area contributed by atoms with Crippen molar-refractivity contribution in [3.05, 3.63) is 0 Å². The summed E-state index contributed by atoms with van der Waals surface area (Å²) in [6.07, 6.45) is 0.555. The lowest BCUT2D eigenvalue weighted by Crippen LogP contribution is -2.34. The molecule has 0 bridgehead atoms. The molecular weight excluding hydrogens is 210 g/mol. The van der Waals surface area contributed by atoms with Crippen molar-refractivity contribution < 1.29 is 14.3 Å². The molecule has 0 aliphatic rings. The van der Waals surface area contributed by atoms with Gasteiger partial charge in [0, 0.05) is 39.1 Å². The van der Waals surface area contributed by atoms with E-state index in [1.807, 2.05) is 0 Å². The SMILES string of the molecule is COCCNC(=O)CCNC(=O)CC(C)N. The molecule has 1 atom stereocenters. The molecule has 16 heavy (non-hydrogen) atoms. The van der Waals surface area contributed by atoms with Crippen LogP contribution in [0.3, 0.4) is 0 Å². The minimum absolute atomic E-state index is 0.0989. The fourth-order valence-electron chi connectivity index (χ4n) is 1.06. The van der Waals surface area contributed by atoms with E-state index in [0.717, 1.165) is 0 Å². The largest absolute Gasteiger partial charge is 0.383 e. The molecule has 0 aromatic carbocycles. The average Bonchev–Trinajstić information content (AvgIpc) is 2.17. The Balaban J connectivity index is 3.43. The summed E-state index contributed by atoms with van der Waals surface area (Å²) in [5.41, 5.74) is 5.45. The first kappa shape index (κ1) is 14.9. The lowest BCUT2D eigenvalue weighted by molar-refractivity contribution is -0.122. The summed E-state index contributed by atoms with van der Waals surface area (Å²) in [5.74, 6) is -0.224. The first-order valence-electron chi connectivity index (χ1n) is 5.34. The van der Waals surface area contributed by atoms with Gasteiger partial charge >= 0.3 is 0 Å². The van der Waals surface area contributed by atoms with Crippen LogP contribution in [0.2, 0.25) is 0 Å². The van der Waals surface area contributed by atoms with Gasteiger partial charge in [0.25, 0.3) is 0 Å². The van der Waals surface area contributed by atoms with Crippen LogP contribution in [0, 0.1) is 0 Å². The van der Waals surface area contributed by atoms with E-state index in [9.17, 15) is 9.59 Å². The molecule has 6 heteroatoms. The van der Waals surface area contributed by atoms with E-state index < -0.39 is 0 Å². The summed E-state index contributed by atoms with van der Waals surface area (Å²) in [7, 11) is 1.57. The van der Waals surface area contributed by atoms with Gasteiger partial charge in [-0.2, -0.15) is 0 Å². The molecule has 0 aliphatic carbocycles. The van der Waals surface area contributed by atoms with Crippen molar-refractivity contribution in [2.45, 2.75) is 25.8 Å². The number of rotatable bonds is 8. The van der Waals surface area contributed by atoms with Crippen molar-refractivity contribution in [2.75, 3.05) is 26.8 Å². The molecule has 0 rings (SSSR count). The molecule has 6 nitrogen and oxygen atoms in total. The van der Waals surface area contributed by atoms with Crippen LogP contribution in [0.5, 0.6) is 0 Å². The quantitative estimate of drug-likeness (QED) is 0.467. The molecule has 1 unspecified atom stereocenters. The van der Waals surface area contributed by atoms with Gasteiger partial charge in [0.1, 0.15) is 0 Å². The van der Waals surface area contributed by atoms with Gasteiger partial charge in [-0.3, -0.25) is 9.59 Å². The third kappa shape index (κ3) is 9.42. The third-order valence-corrected chi connectivity index (χ3v) is 1.81. The molecule has 0 saturated heterocycles. The van der Waals surface area contributed by atoms with Crippen LogP contribution in [0.1, 0.15) is 19.8 Å². The predicted octanol–water partition coefficient (Wildman–Crippen LogP) is -1.01. The number of amides is 2. The first-order chi connectivity index (χ1) is 7.56. The van der Waals surface area contributed by atoms with E-state index in [0.29, 0.717) is 19.7 Å². The van der Waals surface area contributed by atoms with Gasteiger partial charge in [0.2, 0.25) is 11.8 Å². The molecule has 0 radical (unpaired) electrons. The number of carbonyl (C=O) groups is 2. The Hall–Kier alpha value is -1.14. The van der Waals surface area contributed by atoms with Gasteiger partial charge in [-0.05, 0) is 6.92 Å². The van der Waals surface area contributed by atoms with E-state index in [1.54, 1.807) is 14.0 Å². The second-order valence-electron chi connectivity index (χ2n) is 3.62. The Kier molecular flexibility index (Phi) is 8.46. The highest BCUT2D eigenvalue weighted by Gasteiger charge is 2.05. The summed E-state index contributed by atoms with van der Waals surface area (Å²) < 4.78 is 4.78. The summed E-state index contributed by atoms with van der Waals surface area (Å²) in [6.45, 7) is 3.08. The van der Waals surface area contributed by atoms with Gasteiger partial charge in [0.15, 0.2) is 0 Å². The lowest BCUT2D eigenvalue weighted by Gasteiger charge is -2.07. The molecule has 4 N–H and O–H groups in total. The smallest absolute Gasteiger partial charge is 0.221 e. The van der Waals surface area contributed by atoms with Crippen molar-refractivity contribution in [3.63, 3.8) is 0 Å². The zero-order valence-corrected chi connectivity index (χ0v) is 9.91. The molecule has 0 aromatic rings. The standard InChI is InChI=1S/C10H21N3O3/c1-8(11)7-10(15)12-4-3-9(14)13-5-6-16-2/h8H,3-7,11H2,1-2H3,(H,12,15)(H,13,14). The Labute approximate surface area is 95.9 Å². The maximum absolute atomic E-state index is 11.2. The average molecular weight is 231 g/mol. The van der Waals surface area contributed by atoms with Crippen LogP contribution >= 0.6 is 0 Å². The molecule has 0 aromatic heterocycles. The molecule has 0 heterocycles. The normalized spacial score (nSPS) is 11.9. The Morgan fingerprint density at radius 1 is 1.25 bits per heavy atom. The van der Waals surface area contributed by atoms with Crippen LogP contribution in [-0.4, -0.2) is 44.7 Å². The zero-order chi connectivity index (χ0) is 12.4. The van der Waals surface area contributed by atoms with Crippen LogP contribution in [0.4, 0.5) is 0 Å². The van der Waals surface area contributed by atoms with Gasteiger partial charge in [0.05, 0.1) is 6.61 Å². The molecule has 0 spiro atoms. The van der Waals surface area contributed by atoms with Crippen molar-refractivity contribution in [3.8, 4) is 0 Å². The molecule has 0 fully saturated rings. The van der Waals surface area contributed by atoms with Gasteiger partial charge in [-0.15, -0.1) is 0 Å². The molecule has 0 saturated carbocycles. The highest BCUT2D eigenvalue weighted by Crippen LogP contribution is 1.86. The first-order valence-corrected chi connectivity index (χ1v) is 5.34. The molecule has 2 amide bonds. The van der Waals surface area contributed by atoms with Gasteiger partial charge in [-0.25, -0.2) is 0 Å². The number of carbonyl (C=O) groups excluding carboxylic acids is 2. The maximum Gasteiger partial charge on any atom is 0.221 e. The Morgan fingerprint density at radius 3 is 2.44 bits per heavy atom. The molecular formula is C10H21N3O3. The topological polar surface area (TPSA) is 93.5 Å². The fraction of sp³-hybridized carbons (Fsp3) is 0.800. The van der Waals surface area contributed by atoms with Crippen molar-refractivity contribution in [2.24, 2.45) is 5.73 Å². The van der Waals surface area contributed by atoms with Crippen molar-refractivity contribution in [1.29, 1.82) is 0 Å². The number of hydrogen-bond acceptors (Lipinski definition) is 4. The second-order valence-corrected chi connectivity index (χ2v) is 3.62. The van der Waals surface area contributed by atoms with E-state index in [2.05, 4.69) is 10.6 Å². The highest BCUT2D eigenvalue weighted by molar-refractivity contribution is 5.79. The van der Waals surface area contributed by atoms with Gasteiger partial charge < -0.3 is 21.1 Å². The predicted molar refractivity (Wildman–Crippen MR) is 60.8 cm³/mol. The number of ether oxygens (including phenoxy) is 1. The highest BCUT2D eigenvalue weighted by atomic mass is 16.5. The Morgan fingerprint density at radius 2 is 1.88 bits per heavy atom. The summed E-state index contributed by atoms with van der Waals surface area (Å²) in [5, 5.41) is 5.28. The number of methoxy groups -OCH3 is 1. The van der Waals surface area contributed by atoms with Crippen molar-refractivity contribution >= 4 is 11.8 Å². The maximum atomic E-state index is 11.2. The number of nitrogens with one attached hydrogen (secondary N) is 2. The van der Waals surface area contributed by atoms with Crippen LogP contribution in [0.15, 0.2) is 0 Å². The van der Waals surface area contributed by atoms with E-state index in [4.69, 9.17) is 10.5 Å². The second kappa shape index (κ2) is 9.11. The van der Waals surface area contributed by atoms with Crippen molar-refractivity contribution in [1.82, 2.24) is 10.6 Å². The Bertz CT molecular complexity index is 219. The minimum Gasteiger partial charge on any atom is -0.383 e. The lowest BCUT2D eigenvalue weighted by atomic mass is 10.2. The van der Waals surface area contributed by atoms with Gasteiger partial charge in [-0.1, -0.05) is 0 Å². The monoisotopic (exact) mass is 231 g/mol. The third-order valence-electron chi connectivity index (χ3n) is 1.81. The summed E-state index contributed by atoms with van der Waals surface area (Å²) in [6, 6.07) is -0.157. The minimum atomic E-state index is -0.157. The number of nitrogens with two attached hydrogens (primary N) is 1. The molecule has 94 valence electrons. The van der Waals surface area contributed by atoms with Crippen LogP contribution < -0.4 is 16.4 Å². The van der Waals surface area contributed by atoms with Crippen LogP contribution in [-0.2, 0) is 14.3 Å². The zero-order valence-electron chi connectivity index (χ0n) is 9.91.